The van der Waals surface area contributed by atoms with Crippen molar-refractivity contribution in [3.8, 4) is 0 Å². The summed E-state index contributed by atoms with van der Waals surface area (Å²) in [6.07, 6.45) is 0. The van der Waals surface area contributed by atoms with Crippen molar-refractivity contribution in [1.82, 2.24) is 20.1 Å². The minimum absolute atomic E-state index is 0.148. The minimum atomic E-state index is -0.421. The third-order valence-corrected chi connectivity index (χ3v) is 7.26. The van der Waals surface area contributed by atoms with Gasteiger partial charge < -0.3 is 15.2 Å². The van der Waals surface area contributed by atoms with Crippen LogP contribution in [0.3, 0.4) is 0 Å². The molecule has 0 aliphatic heterocycles. The van der Waals surface area contributed by atoms with Crippen molar-refractivity contribution in [3.05, 3.63) is 66.8 Å². The molecular weight excluding hydrogens is 605 g/mol. The van der Waals surface area contributed by atoms with E-state index >= 15 is 0 Å². The van der Waals surface area contributed by atoms with Crippen molar-refractivity contribution < 1.29 is 9.59 Å². The highest BCUT2D eigenvalue weighted by Gasteiger charge is 2.19. The maximum Gasteiger partial charge on any atom is 0.251 e. The largest absolute Gasteiger partial charge is 0.342 e. The van der Waals surface area contributed by atoms with Gasteiger partial charge in [-0.15, -0.1) is 10.2 Å². The highest BCUT2D eigenvalue weighted by molar-refractivity contribution is 9.11. The molecule has 32 heavy (non-hydrogen) atoms. The number of nitrogens with zero attached hydrogens (tertiary/aromatic N) is 3. The Morgan fingerprint density at radius 1 is 1.12 bits per heavy atom. The molecule has 3 aromatic rings. The number of hydrogen-bond donors (Lipinski definition) is 2. The molecule has 0 unspecified atom stereocenters. The Morgan fingerprint density at radius 3 is 2.59 bits per heavy atom. The number of halogens is 4. The standard InChI is InChI=1S/C20H17Br2Cl2N5O2S/c1-10(25-19(31)11-3-6-14(23)15(24)7-11)18-27-28-20(29(18)2)32-9-17(30)26-16-8-12(21)4-5-13(16)22/h3-8,10H,9H2,1-2H3,(H,25,31)(H,26,30)/t10-/m1/s1. The Kier molecular flexibility index (Phi) is 8.62. The van der Waals surface area contributed by atoms with Crippen molar-refractivity contribution in [1.29, 1.82) is 0 Å². The second-order valence-electron chi connectivity index (χ2n) is 6.68. The Balaban J connectivity index is 1.60. The molecule has 1 atom stereocenters. The van der Waals surface area contributed by atoms with Crippen molar-refractivity contribution in [2.75, 3.05) is 11.1 Å². The van der Waals surface area contributed by atoms with Crippen LogP contribution in [-0.2, 0) is 11.8 Å². The van der Waals surface area contributed by atoms with Crippen molar-refractivity contribution >= 4 is 84.3 Å². The zero-order chi connectivity index (χ0) is 23.4. The lowest BCUT2D eigenvalue weighted by atomic mass is 10.2. The number of carbonyl (C=O) groups excluding carboxylic acids is 2. The van der Waals surface area contributed by atoms with Crippen LogP contribution in [0, 0.1) is 0 Å². The number of nitrogens with one attached hydrogen (secondary N) is 2. The van der Waals surface area contributed by atoms with Gasteiger partial charge in [-0.1, -0.05) is 50.9 Å². The first-order valence-corrected chi connectivity index (χ1v) is 12.5. The zero-order valence-electron chi connectivity index (χ0n) is 16.8. The molecule has 0 aliphatic rings. The van der Waals surface area contributed by atoms with Gasteiger partial charge in [-0.3, -0.25) is 9.59 Å². The summed E-state index contributed by atoms with van der Waals surface area (Å²) in [5.74, 6) is 0.206. The summed E-state index contributed by atoms with van der Waals surface area (Å²) in [6.45, 7) is 1.80. The number of amides is 2. The monoisotopic (exact) mass is 619 g/mol. The molecule has 0 radical (unpaired) electrons. The molecule has 0 aliphatic carbocycles. The fourth-order valence-corrected chi connectivity index (χ4v) is 4.44. The van der Waals surface area contributed by atoms with Crippen molar-refractivity contribution in [3.63, 3.8) is 0 Å². The summed E-state index contributed by atoms with van der Waals surface area (Å²) < 4.78 is 3.39. The van der Waals surface area contributed by atoms with Gasteiger partial charge in [0, 0.05) is 21.6 Å². The van der Waals surface area contributed by atoms with Crippen molar-refractivity contribution in [2.24, 2.45) is 7.05 Å². The topological polar surface area (TPSA) is 88.9 Å². The Labute approximate surface area is 215 Å². The van der Waals surface area contributed by atoms with E-state index in [4.69, 9.17) is 23.2 Å². The van der Waals surface area contributed by atoms with Crippen LogP contribution in [0.4, 0.5) is 5.69 Å². The highest BCUT2D eigenvalue weighted by Crippen LogP contribution is 2.27. The third kappa shape index (κ3) is 6.26. The summed E-state index contributed by atoms with van der Waals surface area (Å²) in [6, 6.07) is 9.77. The zero-order valence-corrected chi connectivity index (χ0v) is 22.3. The predicted octanol–water partition coefficient (Wildman–Crippen LogP) is 5.87. The van der Waals surface area contributed by atoms with Gasteiger partial charge in [0.2, 0.25) is 5.91 Å². The SMILES string of the molecule is C[C@@H](NC(=O)c1ccc(Cl)c(Cl)c1)c1nnc(SCC(=O)Nc2cc(Br)ccc2Br)n1C. The van der Waals surface area contributed by atoms with Gasteiger partial charge in [0.25, 0.3) is 5.91 Å². The molecule has 2 N–H and O–H groups in total. The van der Waals surface area contributed by atoms with E-state index < -0.39 is 6.04 Å². The lowest BCUT2D eigenvalue weighted by Crippen LogP contribution is -2.28. The molecular formula is C20H17Br2Cl2N5O2S. The molecule has 0 saturated heterocycles. The number of thioether (sulfide) groups is 1. The van der Waals surface area contributed by atoms with Gasteiger partial charge in [0.1, 0.15) is 0 Å². The summed E-state index contributed by atoms with van der Waals surface area (Å²) >= 11 is 19.9. The second kappa shape index (κ2) is 11.0. The number of rotatable bonds is 7. The molecule has 0 saturated carbocycles. The quantitative estimate of drug-likeness (QED) is 0.322. The average Bonchev–Trinajstić information content (AvgIpc) is 3.11. The van der Waals surface area contributed by atoms with Gasteiger partial charge in [-0.2, -0.15) is 0 Å². The highest BCUT2D eigenvalue weighted by atomic mass is 79.9. The Morgan fingerprint density at radius 2 is 1.88 bits per heavy atom. The summed E-state index contributed by atoms with van der Waals surface area (Å²) in [5.41, 5.74) is 1.06. The van der Waals surface area contributed by atoms with E-state index in [0.29, 0.717) is 32.3 Å². The minimum Gasteiger partial charge on any atom is -0.342 e. The first-order chi connectivity index (χ1) is 15.2. The summed E-state index contributed by atoms with van der Waals surface area (Å²) in [5, 5.41) is 15.3. The third-order valence-electron chi connectivity index (χ3n) is 4.32. The van der Waals surface area contributed by atoms with E-state index in [-0.39, 0.29) is 17.6 Å². The van der Waals surface area contributed by atoms with Crippen LogP contribution in [0.1, 0.15) is 29.1 Å². The van der Waals surface area contributed by atoms with Crippen LogP contribution in [0.25, 0.3) is 0 Å². The molecule has 12 heteroatoms. The molecule has 0 fully saturated rings. The van der Waals surface area contributed by atoms with E-state index in [1.165, 1.54) is 17.8 Å². The predicted molar refractivity (Wildman–Crippen MR) is 135 cm³/mol. The molecule has 0 bridgehead atoms. The van der Waals surface area contributed by atoms with Gasteiger partial charge >= 0.3 is 0 Å². The molecule has 2 amide bonds. The van der Waals surface area contributed by atoms with E-state index in [1.54, 1.807) is 30.7 Å². The van der Waals surface area contributed by atoms with Gasteiger partial charge in [0.15, 0.2) is 11.0 Å². The Bertz CT molecular complexity index is 1170. The van der Waals surface area contributed by atoms with Crippen LogP contribution in [0.5, 0.6) is 0 Å². The molecule has 2 aromatic carbocycles. The van der Waals surface area contributed by atoms with Crippen LogP contribution in [-0.4, -0.2) is 32.3 Å². The number of aromatic nitrogens is 3. The molecule has 168 valence electrons. The fraction of sp³-hybridized carbons (Fsp3) is 0.200. The van der Waals surface area contributed by atoms with Gasteiger partial charge in [-0.25, -0.2) is 0 Å². The summed E-state index contributed by atoms with van der Waals surface area (Å²) in [4.78, 5) is 24.9. The molecule has 7 nitrogen and oxygen atoms in total. The molecule has 1 heterocycles. The number of benzene rings is 2. The van der Waals surface area contributed by atoms with E-state index in [2.05, 4.69) is 52.7 Å². The van der Waals surface area contributed by atoms with Crippen molar-refractivity contribution in [2.45, 2.75) is 18.1 Å². The normalized spacial score (nSPS) is 11.8. The van der Waals surface area contributed by atoms with Gasteiger partial charge in [0.05, 0.1) is 27.5 Å². The lowest BCUT2D eigenvalue weighted by Gasteiger charge is -2.14. The lowest BCUT2D eigenvalue weighted by molar-refractivity contribution is -0.113. The van der Waals surface area contributed by atoms with E-state index in [1.807, 2.05) is 18.2 Å². The van der Waals surface area contributed by atoms with Crippen LogP contribution >= 0.6 is 66.8 Å². The smallest absolute Gasteiger partial charge is 0.251 e. The fourth-order valence-electron chi connectivity index (χ4n) is 2.72. The van der Waals surface area contributed by atoms with Crippen LogP contribution in [0.15, 0.2) is 50.5 Å². The number of carbonyl (C=O) groups is 2. The average molecular weight is 622 g/mol. The molecule has 1 aromatic heterocycles. The number of hydrogen-bond acceptors (Lipinski definition) is 5. The second-order valence-corrected chi connectivity index (χ2v) is 10.2. The number of anilines is 1. The molecule has 3 rings (SSSR count). The van der Waals surface area contributed by atoms with Crippen LogP contribution < -0.4 is 10.6 Å². The maximum atomic E-state index is 12.5. The van der Waals surface area contributed by atoms with E-state index in [9.17, 15) is 9.59 Å². The Hall–Kier alpha value is -1.59. The maximum absolute atomic E-state index is 12.5. The van der Waals surface area contributed by atoms with E-state index in [0.717, 1.165) is 8.95 Å². The van der Waals surface area contributed by atoms with Gasteiger partial charge in [-0.05, 0) is 59.3 Å². The summed E-state index contributed by atoms with van der Waals surface area (Å²) in [7, 11) is 1.78. The first-order valence-electron chi connectivity index (χ1n) is 9.18. The first kappa shape index (κ1) is 25.0. The molecule has 0 spiro atoms. The van der Waals surface area contributed by atoms with Crippen LogP contribution in [0.2, 0.25) is 10.0 Å².